The number of methoxy groups -OCH3 is 1. The van der Waals surface area contributed by atoms with Gasteiger partial charge in [0.1, 0.15) is 5.75 Å². The molecule has 1 N–H and O–H groups in total. The fraction of sp³-hybridized carbons (Fsp3) is 0.0667. The minimum atomic E-state index is -0.959. The maximum Gasteiger partial charge on any atom is 0.336 e. The molecule has 20 heavy (non-hydrogen) atoms. The summed E-state index contributed by atoms with van der Waals surface area (Å²) in [5, 5.41) is 13.9. The molecule has 1 aromatic carbocycles. The number of aromatic nitrogens is 1. The molecule has 3 aromatic rings. The Bertz CT molecular complexity index is 781. The van der Waals surface area contributed by atoms with Gasteiger partial charge in [-0.05, 0) is 29.6 Å². The van der Waals surface area contributed by atoms with Crippen LogP contribution in [0.1, 0.15) is 10.4 Å². The Kier molecular flexibility index (Phi) is 3.12. The molecule has 0 aliphatic carbocycles. The van der Waals surface area contributed by atoms with Gasteiger partial charge in [-0.15, -0.1) is 0 Å². The van der Waals surface area contributed by atoms with Gasteiger partial charge in [-0.25, -0.2) is 9.78 Å². The average molecular weight is 285 g/mol. The molecule has 2 aromatic heterocycles. The Morgan fingerprint density at radius 3 is 2.80 bits per heavy atom. The molecule has 0 fully saturated rings. The van der Waals surface area contributed by atoms with E-state index in [1.54, 1.807) is 42.7 Å². The van der Waals surface area contributed by atoms with Gasteiger partial charge in [-0.2, -0.15) is 11.3 Å². The van der Waals surface area contributed by atoms with Crippen molar-refractivity contribution in [3.05, 3.63) is 46.7 Å². The van der Waals surface area contributed by atoms with Gasteiger partial charge in [-0.1, -0.05) is 0 Å². The molecule has 5 heteroatoms. The van der Waals surface area contributed by atoms with Crippen molar-refractivity contribution in [3.8, 4) is 17.0 Å². The summed E-state index contributed by atoms with van der Waals surface area (Å²) < 4.78 is 5.17. The molecule has 3 rings (SSSR count). The number of rotatable bonds is 3. The largest absolute Gasteiger partial charge is 0.497 e. The summed E-state index contributed by atoms with van der Waals surface area (Å²) in [4.78, 5) is 16.0. The van der Waals surface area contributed by atoms with E-state index in [1.807, 2.05) is 16.8 Å². The summed E-state index contributed by atoms with van der Waals surface area (Å²) in [5.74, 6) is -0.303. The van der Waals surface area contributed by atoms with Crippen molar-refractivity contribution < 1.29 is 14.6 Å². The Morgan fingerprint density at radius 2 is 2.15 bits per heavy atom. The number of hydrogen-bond donors (Lipinski definition) is 1. The second-order valence-corrected chi connectivity index (χ2v) is 5.04. The molecule has 2 heterocycles. The molecule has 0 saturated carbocycles. The standard InChI is InChI=1S/C15H11NO3S/c1-19-10-2-3-11-12(15(17)18)7-13(16-14(11)6-10)9-4-5-20-8-9/h2-8H,1H3,(H,17,18). The number of pyridine rings is 1. The van der Waals surface area contributed by atoms with E-state index in [0.29, 0.717) is 22.3 Å². The van der Waals surface area contributed by atoms with Crippen LogP contribution in [-0.2, 0) is 0 Å². The lowest BCUT2D eigenvalue weighted by Gasteiger charge is -2.07. The van der Waals surface area contributed by atoms with Gasteiger partial charge < -0.3 is 9.84 Å². The second kappa shape index (κ2) is 4.94. The van der Waals surface area contributed by atoms with E-state index in [1.165, 1.54) is 0 Å². The Morgan fingerprint density at radius 1 is 1.30 bits per heavy atom. The molecular weight excluding hydrogens is 274 g/mol. The van der Waals surface area contributed by atoms with E-state index < -0.39 is 5.97 Å². The highest BCUT2D eigenvalue weighted by molar-refractivity contribution is 7.08. The molecule has 100 valence electrons. The van der Waals surface area contributed by atoms with Crippen LogP contribution in [0.2, 0.25) is 0 Å². The molecule has 0 spiro atoms. The molecule has 0 unspecified atom stereocenters. The zero-order chi connectivity index (χ0) is 14.1. The van der Waals surface area contributed by atoms with Crippen molar-refractivity contribution in [2.24, 2.45) is 0 Å². The van der Waals surface area contributed by atoms with Crippen molar-refractivity contribution in [1.82, 2.24) is 4.98 Å². The maximum absolute atomic E-state index is 11.4. The number of fused-ring (bicyclic) bond motifs is 1. The summed E-state index contributed by atoms with van der Waals surface area (Å²) in [6.45, 7) is 0. The third-order valence-electron chi connectivity index (χ3n) is 3.06. The van der Waals surface area contributed by atoms with Gasteiger partial charge in [0.05, 0.1) is 23.9 Å². The van der Waals surface area contributed by atoms with Crippen LogP contribution in [0, 0.1) is 0 Å². The topological polar surface area (TPSA) is 59.4 Å². The Labute approximate surface area is 119 Å². The van der Waals surface area contributed by atoms with Crippen molar-refractivity contribution in [3.63, 3.8) is 0 Å². The number of thiophene rings is 1. The Hall–Kier alpha value is -2.40. The van der Waals surface area contributed by atoms with Gasteiger partial charge in [-0.3, -0.25) is 0 Å². The van der Waals surface area contributed by atoms with Crippen LogP contribution in [0.15, 0.2) is 41.1 Å². The average Bonchev–Trinajstić information content (AvgIpc) is 2.99. The molecule has 0 saturated heterocycles. The van der Waals surface area contributed by atoms with Crippen LogP contribution < -0.4 is 4.74 Å². The Balaban J connectivity index is 2.31. The summed E-state index contributed by atoms with van der Waals surface area (Å²) in [6.07, 6.45) is 0. The van der Waals surface area contributed by atoms with Crippen LogP contribution in [0.5, 0.6) is 5.75 Å². The number of nitrogens with zero attached hydrogens (tertiary/aromatic N) is 1. The van der Waals surface area contributed by atoms with Crippen LogP contribution in [0.25, 0.3) is 22.2 Å². The summed E-state index contributed by atoms with van der Waals surface area (Å²) >= 11 is 1.55. The first-order chi connectivity index (χ1) is 9.69. The van der Waals surface area contributed by atoms with Crippen LogP contribution in [-0.4, -0.2) is 23.2 Å². The highest BCUT2D eigenvalue weighted by Gasteiger charge is 2.13. The van der Waals surface area contributed by atoms with Gasteiger partial charge >= 0.3 is 5.97 Å². The monoisotopic (exact) mass is 285 g/mol. The predicted octanol–water partition coefficient (Wildman–Crippen LogP) is 3.67. The quantitative estimate of drug-likeness (QED) is 0.797. The molecule has 0 radical (unpaired) electrons. The zero-order valence-electron chi connectivity index (χ0n) is 10.7. The lowest BCUT2D eigenvalue weighted by Crippen LogP contribution is -2.00. The molecule has 0 aliphatic rings. The van der Waals surface area contributed by atoms with E-state index in [2.05, 4.69) is 4.98 Å². The van der Waals surface area contributed by atoms with E-state index in [4.69, 9.17) is 4.74 Å². The first-order valence-corrected chi connectivity index (χ1v) is 6.88. The molecule has 4 nitrogen and oxygen atoms in total. The first-order valence-electron chi connectivity index (χ1n) is 5.93. The number of carboxylic acid groups (broad SMARTS) is 1. The van der Waals surface area contributed by atoms with E-state index in [9.17, 15) is 9.90 Å². The second-order valence-electron chi connectivity index (χ2n) is 4.26. The van der Waals surface area contributed by atoms with Gasteiger partial charge in [0.25, 0.3) is 0 Å². The van der Waals surface area contributed by atoms with Gasteiger partial charge in [0.2, 0.25) is 0 Å². The fourth-order valence-electron chi connectivity index (χ4n) is 2.07. The first kappa shape index (κ1) is 12.6. The normalized spacial score (nSPS) is 10.7. The third kappa shape index (κ3) is 2.12. The predicted molar refractivity (Wildman–Crippen MR) is 78.6 cm³/mol. The smallest absolute Gasteiger partial charge is 0.336 e. The van der Waals surface area contributed by atoms with Crippen LogP contribution >= 0.6 is 11.3 Å². The third-order valence-corrected chi connectivity index (χ3v) is 3.75. The summed E-state index contributed by atoms with van der Waals surface area (Å²) in [6, 6.07) is 8.74. The number of benzene rings is 1. The molecule has 0 aliphatic heterocycles. The van der Waals surface area contributed by atoms with Crippen molar-refractivity contribution >= 4 is 28.2 Å². The van der Waals surface area contributed by atoms with Crippen LogP contribution in [0.3, 0.4) is 0 Å². The fourth-order valence-corrected chi connectivity index (χ4v) is 2.72. The number of ether oxygens (including phenoxy) is 1. The van der Waals surface area contributed by atoms with Gasteiger partial charge in [0.15, 0.2) is 0 Å². The van der Waals surface area contributed by atoms with Crippen LogP contribution in [0.4, 0.5) is 0 Å². The number of aromatic carboxylic acids is 1. The van der Waals surface area contributed by atoms with Gasteiger partial charge in [0, 0.05) is 22.4 Å². The SMILES string of the molecule is COc1ccc2c(C(=O)O)cc(-c3ccsc3)nc2c1. The lowest BCUT2D eigenvalue weighted by molar-refractivity contribution is 0.0699. The van der Waals surface area contributed by atoms with E-state index in [0.717, 1.165) is 5.56 Å². The number of carbonyl (C=O) groups is 1. The number of carboxylic acids is 1. The minimum Gasteiger partial charge on any atom is -0.497 e. The molecule has 0 bridgehead atoms. The van der Waals surface area contributed by atoms with Crippen molar-refractivity contribution in [1.29, 1.82) is 0 Å². The van der Waals surface area contributed by atoms with E-state index >= 15 is 0 Å². The summed E-state index contributed by atoms with van der Waals surface area (Å²) in [7, 11) is 1.57. The molecular formula is C15H11NO3S. The van der Waals surface area contributed by atoms with E-state index in [-0.39, 0.29) is 5.56 Å². The zero-order valence-corrected chi connectivity index (χ0v) is 11.5. The number of hydrogen-bond acceptors (Lipinski definition) is 4. The maximum atomic E-state index is 11.4. The minimum absolute atomic E-state index is 0.249. The van der Waals surface area contributed by atoms with Crippen molar-refractivity contribution in [2.45, 2.75) is 0 Å². The lowest BCUT2D eigenvalue weighted by atomic mass is 10.1. The highest BCUT2D eigenvalue weighted by Crippen LogP contribution is 2.28. The highest BCUT2D eigenvalue weighted by atomic mass is 32.1. The van der Waals surface area contributed by atoms with Crippen molar-refractivity contribution in [2.75, 3.05) is 7.11 Å². The summed E-state index contributed by atoms with van der Waals surface area (Å²) in [5.41, 5.74) is 2.44. The molecule has 0 atom stereocenters. The molecule has 0 amide bonds.